The van der Waals surface area contributed by atoms with Crippen molar-refractivity contribution >= 4 is 16.0 Å². The molecule has 0 aliphatic rings. The highest BCUT2D eigenvalue weighted by Crippen LogP contribution is 2.16. The number of methoxy groups -OCH3 is 1. The molecule has 0 aliphatic carbocycles. The number of sulfonamides is 1. The summed E-state index contributed by atoms with van der Waals surface area (Å²) in [5.41, 5.74) is 6.20. The number of carbonyl (C=O) groups excluding carboxylic acids is 1. The Kier molecular flexibility index (Phi) is 5.46. The molecule has 3 N–H and O–H groups in total. The molecule has 0 unspecified atom stereocenters. The molecule has 19 heavy (non-hydrogen) atoms. The first-order chi connectivity index (χ1) is 8.92. The average molecular weight is 286 g/mol. The van der Waals surface area contributed by atoms with Crippen LogP contribution >= 0.6 is 0 Å². The number of nitrogens with one attached hydrogen (secondary N) is 1. The first-order valence-electron chi connectivity index (χ1n) is 5.81. The van der Waals surface area contributed by atoms with E-state index in [1.54, 1.807) is 6.92 Å². The van der Waals surface area contributed by atoms with Gasteiger partial charge in [-0.3, -0.25) is 0 Å². The average Bonchev–Trinajstić information content (AvgIpc) is 2.38. The van der Waals surface area contributed by atoms with Gasteiger partial charge in [0.25, 0.3) is 0 Å². The van der Waals surface area contributed by atoms with E-state index in [9.17, 15) is 13.2 Å². The number of hydrogen-bond acceptors (Lipinski definition) is 5. The van der Waals surface area contributed by atoms with E-state index < -0.39 is 16.0 Å². The predicted octanol–water partition coefficient (Wildman–Crippen LogP) is 0.409. The molecule has 0 atom stereocenters. The third kappa shape index (κ3) is 4.02. The summed E-state index contributed by atoms with van der Waals surface area (Å²) >= 11 is 0. The van der Waals surface area contributed by atoms with Gasteiger partial charge in [-0.25, -0.2) is 17.9 Å². The Balaban J connectivity index is 2.97. The van der Waals surface area contributed by atoms with E-state index in [-0.39, 0.29) is 11.4 Å². The van der Waals surface area contributed by atoms with Crippen LogP contribution in [0.2, 0.25) is 0 Å². The summed E-state index contributed by atoms with van der Waals surface area (Å²) < 4.78 is 30.9. The van der Waals surface area contributed by atoms with Gasteiger partial charge in [-0.1, -0.05) is 0 Å². The molecule has 1 rings (SSSR count). The number of aryl methyl sites for hydroxylation is 1. The van der Waals surface area contributed by atoms with Crippen molar-refractivity contribution in [1.82, 2.24) is 4.72 Å². The van der Waals surface area contributed by atoms with Crippen molar-refractivity contribution in [2.24, 2.45) is 5.73 Å². The summed E-state index contributed by atoms with van der Waals surface area (Å²) in [6, 6.07) is 4.26. The molecule has 0 spiro atoms. The van der Waals surface area contributed by atoms with Crippen LogP contribution in [0.4, 0.5) is 0 Å². The second kappa shape index (κ2) is 6.65. The van der Waals surface area contributed by atoms with E-state index in [2.05, 4.69) is 9.46 Å². The number of esters is 1. The van der Waals surface area contributed by atoms with E-state index in [1.807, 2.05) is 0 Å². The van der Waals surface area contributed by atoms with E-state index in [0.717, 1.165) is 0 Å². The normalized spacial score (nSPS) is 11.3. The minimum atomic E-state index is -3.56. The SMILES string of the molecule is COC(=O)c1ccc(S(=O)(=O)NCCCN)cc1C. The number of nitrogens with two attached hydrogens (primary N) is 1. The molecule has 0 saturated carbocycles. The van der Waals surface area contributed by atoms with Crippen LogP contribution in [-0.4, -0.2) is 34.6 Å². The second-order valence-corrected chi connectivity index (χ2v) is 5.78. The Morgan fingerprint density at radius 3 is 2.63 bits per heavy atom. The van der Waals surface area contributed by atoms with Gasteiger partial charge in [0.1, 0.15) is 0 Å². The molecular weight excluding hydrogens is 268 g/mol. The van der Waals surface area contributed by atoms with Crippen molar-refractivity contribution in [2.75, 3.05) is 20.2 Å². The molecule has 7 heteroatoms. The van der Waals surface area contributed by atoms with Crippen molar-refractivity contribution in [1.29, 1.82) is 0 Å². The lowest BCUT2D eigenvalue weighted by atomic mass is 10.1. The van der Waals surface area contributed by atoms with Crippen molar-refractivity contribution in [3.05, 3.63) is 29.3 Å². The largest absolute Gasteiger partial charge is 0.465 e. The minimum absolute atomic E-state index is 0.120. The Morgan fingerprint density at radius 2 is 2.11 bits per heavy atom. The first kappa shape index (κ1) is 15.6. The van der Waals surface area contributed by atoms with Gasteiger partial charge in [0.15, 0.2) is 0 Å². The molecule has 0 amide bonds. The van der Waals surface area contributed by atoms with Crippen LogP contribution in [0.15, 0.2) is 23.1 Å². The molecule has 0 aromatic heterocycles. The Labute approximate surface area is 113 Å². The molecule has 0 bridgehead atoms. The highest BCUT2D eigenvalue weighted by atomic mass is 32.2. The van der Waals surface area contributed by atoms with Gasteiger partial charge in [-0.2, -0.15) is 0 Å². The molecule has 106 valence electrons. The summed E-state index contributed by atoms with van der Waals surface area (Å²) in [4.78, 5) is 11.5. The number of carbonyl (C=O) groups is 1. The molecule has 0 saturated heterocycles. The third-order valence-corrected chi connectivity index (χ3v) is 4.05. The van der Waals surface area contributed by atoms with Crippen molar-refractivity contribution in [3.8, 4) is 0 Å². The fourth-order valence-electron chi connectivity index (χ4n) is 1.53. The lowest BCUT2D eigenvalue weighted by Gasteiger charge is -2.09. The molecular formula is C12H18N2O4S. The molecule has 0 heterocycles. The standard InChI is InChI=1S/C12H18N2O4S/c1-9-8-10(4-5-11(9)12(15)18-2)19(16,17)14-7-3-6-13/h4-5,8,14H,3,6-7,13H2,1-2H3. The zero-order valence-corrected chi connectivity index (χ0v) is 11.8. The lowest BCUT2D eigenvalue weighted by Crippen LogP contribution is -2.26. The predicted molar refractivity (Wildman–Crippen MR) is 71.4 cm³/mol. The quantitative estimate of drug-likeness (QED) is 0.583. The van der Waals surface area contributed by atoms with E-state index in [4.69, 9.17) is 5.73 Å². The summed E-state index contributed by atoms with van der Waals surface area (Å²) in [6.07, 6.45) is 0.568. The number of benzene rings is 1. The molecule has 1 aromatic carbocycles. The summed E-state index contributed by atoms with van der Waals surface area (Å²) in [7, 11) is -2.28. The van der Waals surface area contributed by atoms with Crippen molar-refractivity contribution in [3.63, 3.8) is 0 Å². The van der Waals surface area contributed by atoms with Crippen LogP contribution in [0.25, 0.3) is 0 Å². The highest BCUT2D eigenvalue weighted by molar-refractivity contribution is 7.89. The maximum absolute atomic E-state index is 11.9. The molecule has 0 aliphatic heterocycles. The smallest absolute Gasteiger partial charge is 0.338 e. The Bertz CT molecular complexity index is 555. The fourth-order valence-corrected chi connectivity index (χ4v) is 2.69. The van der Waals surface area contributed by atoms with Gasteiger partial charge in [-0.05, 0) is 43.7 Å². The molecule has 1 aromatic rings. The number of rotatable bonds is 6. The van der Waals surface area contributed by atoms with Crippen molar-refractivity contribution < 1.29 is 17.9 Å². The van der Waals surface area contributed by atoms with Crippen LogP contribution in [-0.2, 0) is 14.8 Å². The number of ether oxygens (including phenoxy) is 1. The van der Waals surface area contributed by atoms with Gasteiger partial charge >= 0.3 is 5.97 Å². The second-order valence-electron chi connectivity index (χ2n) is 4.01. The van der Waals surface area contributed by atoms with Crippen LogP contribution in [0.1, 0.15) is 22.3 Å². The molecule has 0 radical (unpaired) electrons. The van der Waals surface area contributed by atoms with Crippen LogP contribution in [0.3, 0.4) is 0 Å². The van der Waals surface area contributed by atoms with Crippen LogP contribution < -0.4 is 10.5 Å². The van der Waals surface area contributed by atoms with E-state index in [0.29, 0.717) is 24.1 Å². The zero-order valence-electron chi connectivity index (χ0n) is 11.0. The first-order valence-corrected chi connectivity index (χ1v) is 7.29. The Hall–Kier alpha value is -1.44. The maximum atomic E-state index is 11.9. The van der Waals surface area contributed by atoms with Gasteiger partial charge < -0.3 is 10.5 Å². The fraction of sp³-hybridized carbons (Fsp3) is 0.417. The Morgan fingerprint density at radius 1 is 1.42 bits per heavy atom. The number of hydrogen-bond donors (Lipinski definition) is 2. The molecule has 0 fully saturated rings. The maximum Gasteiger partial charge on any atom is 0.338 e. The summed E-state index contributed by atoms with van der Waals surface area (Å²) in [5, 5.41) is 0. The van der Waals surface area contributed by atoms with Gasteiger partial charge in [0.2, 0.25) is 10.0 Å². The van der Waals surface area contributed by atoms with Crippen molar-refractivity contribution in [2.45, 2.75) is 18.2 Å². The summed E-state index contributed by atoms with van der Waals surface area (Å²) in [5.74, 6) is -0.488. The topological polar surface area (TPSA) is 98.5 Å². The zero-order chi connectivity index (χ0) is 14.5. The van der Waals surface area contributed by atoms with Crippen LogP contribution in [0.5, 0.6) is 0 Å². The van der Waals surface area contributed by atoms with E-state index >= 15 is 0 Å². The van der Waals surface area contributed by atoms with Gasteiger partial charge in [-0.15, -0.1) is 0 Å². The third-order valence-electron chi connectivity index (χ3n) is 2.59. The minimum Gasteiger partial charge on any atom is -0.465 e. The van der Waals surface area contributed by atoms with Gasteiger partial charge in [0, 0.05) is 6.54 Å². The molecule has 6 nitrogen and oxygen atoms in total. The van der Waals surface area contributed by atoms with Crippen LogP contribution in [0, 0.1) is 6.92 Å². The monoisotopic (exact) mass is 286 g/mol. The van der Waals surface area contributed by atoms with E-state index in [1.165, 1.54) is 25.3 Å². The lowest BCUT2D eigenvalue weighted by molar-refractivity contribution is 0.0600. The summed E-state index contributed by atoms with van der Waals surface area (Å²) in [6.45, 7) is 2.37. The highest BCUT2D eigenvalue weighted by Gasteiger charge is 2.16. The van der Waals surface area contributed by atoms with Gasteiger partial charge in [0.05, 0.1) is 17.6 Å².